The van der Waals surface area contributed by atoms with Gasteiger partial charge in [-0.05, 0) is 18.2 Å². The van der Waals surface area contributed by atoms with Gasteiger partial charge in [-0.15, -0.1) is 11.3 Å². The summed E-state index contributed by atoms with van der Waals surface area (Å²) >= 11 is 1.30. The molecule has 1 heterocycles. The van der Waals surface area contributed by atoms with Gasteiger partial charge in [0.15, 0.2) is 5.13 Å². The van der Waals surface area contributed by atoms with Crippen LogP contribution in [0, 0.1) is 10.1 Å². The highest BCUT2D eigenvalue weighted by atomic mass is 32.1. The molecule has 1 N–H and O–H groups in total. The van der Waals surface area contributed by atoms with Crippen molar-refractivity contribution in [2.75, 3.05) is 10.3 Å². The SMILES string of the molecule is CC(=O)N(c1ccccc1)c1nc(/C=N\Nc2ccccc2[N+](=O)[O-])cs1. The van der Waals surface area contributed by atoms with Gasteiger partial charge in [-0.3, -0.25) is 25.2 Å². The third-order valence-electron chi connectivity index (χ3n) is 3.51. The summed E-state index contributed by atoms with van der Waals surface area (Å²) in [6.07, 6.45) is 1.44. The highest BCUT2D eigenvalue weighted by molar-refractivity contribution is 7.14. The fraction of sp³-hybridized carbons (Fsp3) is 0.0556. The molecule has 1 amide bonds. The topological polar surface area (TPSA) is 101 Å². The van der Waals surface area contributed by atoms with Crippen LogP contribution in [-0.2, 0) is 4.79 Å². The summed E-state index contributed by atoms with van der Waals surface area (Å²) in [6.45, 7) is 1.47. The Balaban J connectivity index is 1.77. The number of nitrogens with one attached hydrogen (secondary N) is 1. The fourth-order valence-electron chi connectivity index (χ4n) is 2.34. The van der Waals surface area contributed by atoms with Gasteiger partial charge in [-0.25, -0.2) is 4.98 Å². The highest BCUT2D eigenvalue weighted by Gasteiger charge is 2.17. The van der Waals surface area contributed by atoms with Crippen LogP contribution in [0.1, 0.15) is 12.6 Å². The number of nitro benzene ring substituents is 1. The molecule has 0 unspecified atom stereocenters. The van der Waals surface area contributed by atoms with Crippen molar-refractivity contribution in [2.24, 2.45) is 5.10 Å². The molecule has 27 heavy (non-hydrogen) atoms. The van der Waals surface area contributed by atoms with Crippen LogP contribution < -0.4 is 10.3 Å². The molecule has 0 saturated heterocycles. The first-order valence-corrected chi connectivity index (χ1v) is 8.78. The zero-order valence-corrected chi connectivity index (χ0v) is 15.1. The van der Waals surface area contributed by atoms with Crippen molar-refractivity contribution in [3.8, 4) is 0 Å². The summed E-state index contributed by atoms with van der Waals surface area (Å²) in [4.78, 5) is 28.5. The van der Waals surface area contributed by atoms with E-state index in [0.29, 0.717) is 10.8 Å². The predicted octanol–water partition coefficient (Wildman–Crippen LogP) is 4.18. The molecule has 0 saturated carbocycles. The van der Waals surface area contributed by atoms with E-state index in [9.17, 15) is 14.9 Å². The Morgan fingerprint density at radius 1 is 1.22 bits per heavy atom. The van der Waals surface area contributed by atoms with E-state index in [1.165, 1.54) is 35.4 Å². The zero-order valence-electron chi connectivity index (χ0n) is 14.3. The van der Waals surface area contributed by atoms with Crippen molar-refractivity contribution in [3.63, 3.8) is 0 Å². The maximum Gasteiger partial charge on any atom is 0.294 e. The van der Waals surface area contributed by atoms with Crippen molar-refractivity contribution in [1.82, 2.24) is 4.98 Å². The van der Waals surface area contributed by atoms with E-state index in [0.717, 1.165) is 5.69 Å². The monoisotopic (exact) mass is 381 g/mol. The Hall–Kier alpha value is -3.59. The second-order valence-corrected chi connectivity index (χ2v) is 6.23. The van der Waals surface area contributed by atoms with Crippen LogP contribution in [0.15, 0.2) is 65.1 Å². The number of thiazole rings is 1. The quantitative estimate of drug-likeness (QED) is 0.392. The lowest BCUT2D eigenvalue weighted by Gasteiger charge is -2.17. The van der Waals surface area contributed by atoms with Gasteiger partial charge in [0.05, 0.1) is 22.5 Å². The average molecular weight is 381 g/mol. The molecule has 0 bridgehead atoms. The number of benzene rings is 2. The van der Waals surface area contributed by atoms with E-state index in [4.69, 9.17) is 0 Å². The number of anilines is 3. The van der Waals surface area contributed by atoms with Crippen molar-refractivity contribution >= 4 is 45.7 Å². The van der Waals surface area contributed by atoms with Gasteiger partial charge in [0, 0.05) is 18.4 Å². The van der Waals surface area contributed by atoms with Crippen molar-refractivity contribution < 1.29 is 9.72 Å². The molecule has 0 aliphatic rings. The van der Waals surface area contributed by atoms with Gasteiger partial charge in [0.2, 0.25) is 5.91 Å². The minimum absolute atomic E-state index is 0.0690. The van der Waals surface area contributed by atoms with Crippen molar-refractivity contribution in [3.05, 3.63) is 75.8 Å². The van der Waals surface area contributed by atoms with Crippen LogP contribution in [0.2, 0.25) is 0 Å². The predicted molar refractivity (Wildman–Crippen MR) is 106 cm³/mol. The number of nitrogens with zero attached hydrogens (tertiary/aromatic N) is 4. The average Bonchev–Trinajstić information content (AvgIpc) is 3.11. The Morgan fingerprint density at radius 3 is 2.63 bits per heavy atom. The minimum Gasteiger partial charge on any atom is -0.274 e. The lowest BCUT2D eigenvalue weighted by Crippen LogP contribution is -2.22. The number of para-hydroxylation sites is 3. The number of carbonyl (C=O) groups is 1. The van der Waals surface area contributed by atoms with Crippen LogP contribution >= 0.6 is 11.3 Å². The number of amides is 1. The molecule has 3 rings (SSSR count). The molecule has 2 aromatic carbocycles. The van der Waals surface area contributed by atoms with Crippen LogP contribution in [-0.4, -0.2) is 22.0 Å². The molecule has 0 fully saturated rings. The summed E-state index contributed by atoms with van der Waals surface area (Å²) in [5.74, 6) is -0.155. The molecule has 0 spiro atoms. The first kappa shape index (κ1) is 18.2. The molecule has 136 valence electrons. The summed E-state index contributed by atoms with van der Waals surface area (Å²) in [7, 11) is 0. The number of aromatic nitrogens is 1. The maximum atomic E-state index is 12.0. The van der Waals surface area contributed by atoms with Gasteiger partial charge in [-0.2, -0.15) is 5.10 Å². The van der Waals surface area contributed by atoms with E-state index in [2.05, 4.69) is 15.5 Å². The van der Waals surface area contributed by atoms with Gasteiger partial charge < -0.3 is 0 Å². The molecule has 0 aliphatic heterocycles. The van der Waals surface area contributed by atoms with Crippen molar-refractivity contribution in [1.29, 1.82) is 0 Å². The smallest absolute Gasteiger partial charge is 0.274 e. The first-order valence-electron chi connectivity index (χ1n) is 7.90. The normalized spacial score (nSPS) is 10.7. The molecule has 0 radical (unpaired) electrons. The largest absolute Gasteiger partial charge is 0.294 e. The van der Waals surface area contributed by atoms with E-state index < -0.39 is 4.92 Å². The van der Waals surface area contributed by atoms with E-state index >= 15 is 0 Å². The number of hydrogen-bond donors (Lipinski definition) is 1. The number of hydrogen-bond acceptors (Lipinski definition) is 7. The Kier molecular flexibility index (Phi) is 5.53. The minimum atomic E-state index is -0.483. The van der Waals surface area contributed by atoms with E-state index in [-0.39, 0.29) is 17.3 Å². The number of nitro groups is 1. The molecule has 9 heteroatoms. The van der Waals surface area contributed by atoms with Crippen LogP contribution in [0.3, 0.4) is 0 Å². The fourth-order valence-corrected chi connectivity index (χ4v) is 3.17. The lowest BCUT2D eigenvalue weighted by molar-refractivity contribution is -0.384. The molecule has 3 aromatic rings. The molecule has 0 aliphatic carbocycles. The molecular formula is C18H15N5O3S. The third kappa shape index (κ3) is 4.33. The van der Waals surface area contributed by atoms with E-state index in [1.807, 2.05) is 30.3 Å². The summed E-state index contributed by atoms with van der Waals surface area (Å²) in [5.41, 5.74) is 4.11. The Morgan fingerprint density at radius 2 is 1.93 bits per heavy atom. The third-order valence-corrected chi connectivity index (χ3v) is 4.36. The molecule has 1 aromatic heterocycles. The summed E-state index contributed by atoms with van der Waals surface area (Å²) < 4.78 is 0. The second kappa shape index (κ2) is 8.19. The van der Waals surface area contributed by atoms with Gasteiger partial charge in [0.25, 0.3) is 5.69 Å². The molecule has 0 atom stereocenters. The number of rotatable bonds is 6. The Labute approximate surface area is 158 Å². The zero-order chi connectivity index (χ0) is 19.2. The van der Waals surface area contributed by atoms with Gasteiger partial charge >= 0.3 is 0 Å². The lowest BCUT2D eigenvalue weighted by atomic mass is 10.3. The van der Waals surface area contributed by atoms with Crippen LogP contribution in [0.4, 0.5) is 22.2 Å². The highest BCUT2D eigenvalue weighted by Crippen LogP contribution is 2.28. The van der Waals surface area contributed by atoms with Crippen LogP contribution in [0.25, 0.3) is 0 Å². The number of carbonyl (C=O) groups excluding carboxylic acids is 1. The van der Waals surface area contributed by atoms with Crippen molar-refractivity contribution in [2.45, 2.75) is 6.92 Å². The maximum absolute atomic E-state index is 12.0. The summed E-state index contributed by atoms with van der Waals surface area (Å²) in [5, 5.41) is 17.3. The summed E-state index contributed by atoms with van der Waals surface area (Å²) in [6, 6.07) is 15.4. The standard InChI is InChI=1S/C18H15N5O3S/c1-13(24)22(15-7-3-2-4-8-15)18-20-14(12-27-18)11-19-21-16-9-5-6-10-17(16)23(25)26/h2-12,21H,1H3/b19-11-. The van der Waals surface area contributed by atoms with E-state index in [1.54, 1.807) is 23.6 Å². The number of hydrazone groups is 1. The molecular weight excluding hydrogens is 366 g/mol. The molecule has 8 nitrogen and oxygen atoms in total. The van der Waals surface area contributed by atoms with Gasteiger partial charge in [-0.1, -0.05) is 30.3 Å². The van der Waals surface area contributed by atoms with Crippen LogP contribution in [0.5, 0.6) is 0 Å². The first-order chi connectivity index (χ1) is 13.1. The Bertz CT molecular complexity index is 987. The second-order valence-electron chi connectivity index (χ2n) is 5.39. The van der Waals surface area contributed by atoms with Gasteiger partial charge in [0.1, 0.15) is 5.69 Å².